The first-order valence-corrected chi connectivity index (χ1v) is 12.1. The second kappa shape index (κ2) is 9.71. The van der Waals surface area contributed by atoms with E-state index in [4.69, 9.17) is 14.0 Å². The van der Waals surface area contributed by atoms with Crippen LogP contribution < -0.4 is 5.30 Å². The van der Waals surface area contributed by atoms with Crippen LogP contribution in [0.15, 0.2) is 77.8 Å². The van der Waals surface area contributed by atoms with E-state index in [0.29, 0.717) is 33.2 Å². The quantitative estimate of drug-likeness (QED) is 0.244. The van der Waals surface area contributed by atoms with Gasteiger partial charge in [0, 0.05) is 16.5 Å². The average molecular weight is 466 g/mol. The van der Waals surface area contributed by atoms with Gasteiger partial charge in [0.25, 0.3) is 0 Å². The van der Waals surface area contributed by atoms with E-state index in [0.717, 1.165) is 5.56 Å². The van der Waals surface area contributed by atoms with Crippen molar-refractivity contribution in [2.45, 2.75) is 13.8 Å². The van der Waals surface area contributed by atoms with Crippen molar-refractivity contribution in [1.82, 2.24) is 4.98 Å². The molecule has 0 amide bonds. The summed E-state index contributed by atoms with van der Waals surface area (Å²) in [5.41, 5.74) is 2.82. The predicted molar refractivity (Wildman–Crippen MR) is 129 cm³/mol. The van der Waals surface area contributed by atoms with Crippen molar-refractivity contribution in [3.8, 4) is 5.88 Å². The maximum atomic E-state index is 13.4. The van der Waals surface area contributed by atoms with Gasteiger partial charge in [0.2, 0.25) is 0 Å². The number of hydrogen-bond acceptors (Lipinski definition) is 5. The van der Waals surface area contributed by atoms with Crippen LogP contribution in [0.25, 0.3) is 10.9 Å². The molecule has 0 atom stereocenters. The lowest BCUT2D eigenvalue weighted by atomic mass is 10.0. The van der Waals surface area contributed by atoms with Gasteiger partial charge in [0.05, 0.1) is 35.5 Å². The fourth-order valence-corrected chi connectivity index (χ4v) is 5.20. The number of aromatic hydroxyl groups is 1. The van der Waals surface area contributed by atoms with Crippen LogP contribution in [0.3, 0.4) is 0 Å². The Balaban J connectivity index is 1.95. The molecule has 0 fully saturated rings. The highest BCUT2D eigenvalue weighted by molar-refractivity contribution is 7.62. The van der Waals surface area contributed by atoms with Crippen molar-refractivity contribution < 1.29 is 23.1 Å². The Labute approximate surface area is 191 Å². The number of nitrogens with zero attached hydrogens (tertiary/aromatic N) is 1. The Morgan fingerprint density at radius 1 is 1.00 bits per heavy atom. The molecule has 0 aliphatic carbocycles. The smallest absolute Gasteiger partial charge is 0.361 e. The normalized spacial score (nSPS) is 12.4. The fraction of sp³-hybridized carbons (Fsp3) is 0.160. The molecule has 1 aromatic heterocycles. The molecule has 4 aromatic rings. The average Bonchev–Trinajstić information content (AvgIpc) is 3.14. The van der Waals surface area contributed by atoms with Crippen LogP contribution in [0.1, 0.15) is 25.0 Å². The number of halogens is 1. The molecule has 0 unspecified atom stereocenters. The van der Waals surface area contributed by atoms with E-state index in [1.54, 1.807) is 44.2 Å². The topological polar surface area (TPSA) is 83.9 Å². The zero-order chi connectivity index (χ0) is 23.4. The lowest BCUT2D eigenvalue weighted by molar-refractivity contribution is 0.230. The first-order valence-electron chi connectivity index (χ1n) is 10.6. The summed E-state index contributed by atoms with van der Waals surface area (Å²) in [5.74, 6) is -0.452. The van der Waals surface area contributed by atoms with Crippen LogP contribution in [-0.4, -0.2) is 29.0 Å². The summed E-state index contributed by atoms with van der Waals surface area (Å²) in [5, 5.41) is 11.8. The van der Waals surface area contributed by atoms with Gasteiger partial charge in [-0.25, -0.2) is 9.38 Å². The van der Waals surface area contributed by atoms with Gasteiger partial charge in [0.15, 0.2) is 5.88 Å². The van der Waals surface area contributed by atoms with Gasteiger partial charge in [-0.3, -0.25) is 4.57 Å². The summed E-state index contributed by atoms with van der Waals surface area (Å²) < 4.78 is 37.8. The predicted octanol–water partition coefficient (Wildman–Crippen LogP) is 6.07. The number of aliphatic imine (C=N–C) groups is 1. The van der Waals surface area contributed by atoms with Gasteiger partial charge in [0.1, 0.15) is 5.82 Å². The van der Waals surface area contributed by atoms with E-state index in [1.165, 1.54) is 12.1 Å². The van der Waals surface area contributed by atoms with Crippen LogP contribution in [0.4, 0.5) is 10.1 Å². The molecular formula is C25H24FN2O4P. The molecule has 0 aliphatic heterocycles. The standard InChI is InChI=1S/C25H24FN2O4P/c1-3-31-33(30,32-4-2)20-14-15-22-21(16-20)23(25(29)28-22)24(17-8-6-5-7-9-17)27-19-12-10-18(26)11-13-19/h5-16,28-29H,3-4H2,1-2H3. The summed E-state index contributed by atoms with van der Waals surface area (Å²) >= 11 is 0. The molecule has 2 N–H and O–H groups in total. The van der Waals surface area contributed by atoms with Crippen molar-refractivity contribution in [3.05, 3.63) is 89.7 Å². The van der Waals surface area contributed by atoms with Crippen LogP contribution in [-0.2, 0) is 13.6 Å². The number of aromatic amines is 1. The molecule has 6 nitrogen and oxygen atoms in total. The molecule has 0 bridgehead atoms. The Morgan fingerprint density at radius 2 is 1.67 bits per heavy atom. The molecule has 1 heterocycles. The number of nitrogens with one attached hydrogen (secondary N) is 1. The second-order valence-electron chi connectivity index (χ2n) is 7.21. The third kappa shape index (κ3) is 4.76. The SMILES string of the molecule is CCOP(=O)(OCC)c1ccc2[nH]c(O)c(C(=Nc3ccc(F)cc3)c3ccccc3)c2c1. The molecule has 8 heteroatoms. The van der Waals surface area contributed by atoms with Gasteiger partial charge < -0.3 is 19.1 Å². The molecule has 33 heavy (non-hydrogen) atoms. The summed E-state index contributed by atoms with van der Waals surface area (Å²) in [6.07, 6.45) is 0. The molecule has 0 spiro atoms. The van der Waals surface area contributed by atoms with Crippen molar-refractivity contribution in [3.63, 3.8) is 0 Å². The maximum Gasteiger partial charge on any atom is 0.361 e. The zero-order valence-electron chi connectivity index (χ0n) is 18.3. The highest BCUT2D eigenvalue weighted by Gasteiger charge is 2.28. The number of aromatic nitrogens is 1. The van der Waals surface area contributed by atoms with Gasteiger partial charge in [-0.1, -0.05) is 30.3 Å². The monoisotopic (exact) mass is 466 g/mol. The Hall–Kier alpha value is -3.25. The molecular weight excluding hydrogens is 442 g/mol. The lowest BCUT2D eigenvalue weighted by Crippen LogP contribution is -2.11. The molecule has 3 aromatic carbocycles. The van der Waals surface area contributed by atoms with Gasteiger partial charge in [-0.05, 0) is 56.3 Å². The first-order chi connectivity index (χ1) is 15.9. The molecule has 0 radical (unpaired) electrons. The summed E-state index contributed by atoms with van der Waals surface area (Å²) in [4.78, 5) is 7.68. The van der Waals surface area contributed by atoms with E-state index in [-0.39, 0.29) is 24.9 Å². The molecule has 170 valence electrons. The number of hydrogen-bond donors (Lipinski definition) is 2. The number of rotatable bonds is 8. The second-order valence-corrected chi connectivity index (χ2v) is 9.24. The van der Waals surface area contributed by atoms with Crippen LogP contribution in [0.5, 0.6) is 5.88 Å². The third-order valence-corrected chi connectivity index (χ3v) is 7.14. The van der Waals surface area contributed by atoms with E-state index in [9.17, 15) is 14.1 Å². The maximum absolute atomic E-state index is 13.4. The minimum Gasteiger partial charge on any atom is -0.494 e. The van der Waals surface area contributed by atoms with Gasteiger partial charge >= 0.3 is 7.60 Å². The molecule has 4 rings (SSSR count). The third-order valence-electron chi connectivity index (χ3n) is 5.03. The Kier molecular flexibility index (Phi) is 6.75. The minimum absolute atomic E-state index is 0.0884. The molecule has 0 saturated carbocycles. The number of fused-ring (bicyclic) bond motifs is 1. The van der Waals surface area contributed by atoms with E-state index in [1.807, 2.05) is 30.3 Å². The van der Waals surface area contributed by atoms with E-state index in [2.05, 4.69) is 4.98 Å². The summed E-state index contributed by atoms with van der Waals surface area (Å²) in [6, 6.07) is 20.2. The van der Waals surface area contributed by atoms with Crippen LogP contribution >= 0.6 is 7.60 Å². The van der Waals surface area contributed by atoms with E-state index < -0.39 is 7.60 Å². The van der Waals surface area contributed by atoms with Crippen molar-refractivity contribution in [2.24, 2.45) is 4.99 Å². The highest BCUT2D eigenvalue weighted by Crippen LogP contribution is 2.47. The van der Waals surface area contributed by atoms with Gasteiger partial charge in [-0.15, -0.1) is 0 Å². The van der Waals surface area contributed by atoms with Crippen molar-refractivity contribution in [1.29, 1.82) is 0 Å². The van der Waals surface area contributed by atoms with Crippen LogP contribution in [0, 0.1) is 5.82 Å². The Bertz CT molecular complexity index is 1320. The summed E-state index contributed by atoms with van der Waals surface area (Å²) in [7, 11) is -3.54. The zero-order valence-corrected chi connectivity index (χ0v) is 19.2. The Morgan fingerprint density at radius 3 is 2.30 bits per heavy atom. The molecule has 0 saturated heterocycles. The largest absolute Gasteiger partial charge is 0.494 e. The van der Waals surface area contributed by atoms with Crippen molar-refractivity contribution in [2.75, 3.05) is 13.2 Å². The lowest BCUT2D eigenvalue weighted by Gasteiger charge is -2.17. The van der Waals surface area contributed by atoms with Crippen LogP contribution in [0.2, 0.25) is 0 Å². The highest BCUT2D eigenvalue weighted by atomic mass is 31.2. The summed E-state index contributed by atoms with van der Waals surface area (Å²) in [6.45, 7) is 3.95. The number of benzene rings is 3. The van der Waals surface area contributed by atoms with Gasteiger partial charge in [-0.2, -0.15) is 0 Å². The van der Waals surface area contributed by atoms with Crippen molar-refractivity contribution >= 4 is 35.2 Å². The molecule has 0 aliphatic rings. The van der Waals surface area contributed by atoms with E-state index >= 15 is 0 Å². The number of H-pyrrole nitrogens is 1. The first kappa shape index (κ1) is 22.9. The minimum atomic E-state index is -3.54. The fourth-order valence-electron chi connectivity index (χ4n) is 3.61.